The van der Waals surface area contributed by atoms with Crippen molar-refractivity contribution in [1.82, 2.24) is 14.8 Å². The summed E-state index contributed by atoms with van der Waals surface area (Å²) in [5.41, 5.74) is 0.00542. The molecule has 0 aromatic carbocycles. The molecule has 4 nitrogen and oxygen atoms in total. The molecule has 1 aromatic rings. The van der Waals surface area contributed by atoms with Crippen molar-refractivity contribution in [2.75, 3.05) is 0 Å². The van der Waals surface area contributed by atoms with Gasteiger partial charge in [-0.15, -0.1) is 0 Å². The summed E-state index contributed by atoms with van der Waals surface area (Å²) in [5, 5.41) is 15.2. The summed E-state index contributed by atoms with van der Waals surface area (Å²) < 4.78 is 1.94. The standard InChI is InChI=1S/C16H27N3O/c1-13(2)19-14(17-12-18-19)11-16(20)9-7-15(8-10-16)5-3-4-6-15/h12-13,20H,3-11H2,1-2H3. The number of hydrogen-bond donors (Lipinski definition) is 1. The lowest BCUT2D eigenvalue weighted by Crippen LogP contribution is -2.40. The minimum absolute atomic E-state index is 0.306. The molecule has 0 radical (unpaired) electrons. The largest absolute Gasteiger partial charge is 0.389 e. The van der Waals surface area contributed by atoms with E-state index >= 15 is 0 Å². The maximum Gasteiger partial charge on any atom is 0.138 e. The molecule has 20 heavy (non-hydrogen) atoms. The van der Waals surface area contributed by atoms with Crippen LogP contribution in [0.5, 0.6) is 0 Å². The van der Waals surface area contributed by atoms with Gasteiger partial charge in [-0.05, 0) is 57.8 Å². The molecule has 112 valence electrons. The maximum atomic E-state index is 10.9. The van der Waals surface area contributed by atoms with Crippen molar-refractivity contribution >= 4 is 0 Å². The lowest BCUT2D eigenvalue weighted by atomic mass is 9.67. The molecule has 2 aliphatic carbocycles. The van der Waals surface area contributed by atoms with Crippen LogP contribution in [0.1, 0.15) is 77.1 Å². The van der Waals surface area contributed by atoms with E-state index in [9.17, 15) is 5.11 Å². The highest BCUT2D eigenvalue weighted by molar-refractivity contribution is 5.01. The fourth-order valence-electron chi connectivity index (χ4n) is 4.17. The van der Waals surface area contributed by atoms with Crippen molar-refractivity contribution in [2.24, 2.45) is 5.41 Å². The zero-order chi connectivity index (χ0) is 14.2. The van der Waals surface area contributed by atoms with E-state index in [2.05, 4.69) is 23.9 Å². The highest BCUT2D eigenvalue weighted by Gasteiger charge is 2.43. The van der Waals surface area contributed by atoms with Crippen molar-refractivity contribution in [3.05, 3.63) is 12.2 Å². The van der Waals surface area contributed by atoms with E-state index in [1.165, 1.54) is 38.5 Å². The van der Waals surface area contributed by atoms with Crippen molar-refractivity contribution in [2.45, 2.75) is 83.3 Å². The Labute approximate surface area is 121 Å². The summed E-state index contributed by atoms with van der Waals surface area (Å²) in [5.74, 6) is 0.935. The van der Waals surface area contributed by atoms with E-state index in [0.717, 1.165) is 18.7 Å². The molecule has 0 amide bonds. The smallest absolute Gasteiger partial charge is 0.138 e. The zero-order valence-corrected chi connectivity index (χ0v) is 12.8. The first kappa shape index (κ1) is 14.1. The Bertz CT molecular complexity index is 450. The summed E-state index contributed by atoms with van der Waals surface area (Å²) in [6, 6.07) is 0.306. The number of rotatable bonds is 3. The van der Waals surface area contributed by atoms with Gasteiger partial charge >= 0.3 is 0 Å². The fraction of sp³-hybridized carbons (Fsp3) is 0.875. The first-order valence-electron chi connectivity index (χ1n) is 8.13. The Kier molecular flexibility index (Phi) is 3.61. The molecule has 2 saturated carbocycles. The summed E-state index contributed by atoms with van der Waals surface area (Å²) in [6.07, 6.45) is 12.0. The maximum absolute atomic E-state index is 10.9. The first-order chi connectivity index (χ1) is 9.52. The predicted molar refractivity (Wildman–Crippen MR) is 78.4 cm³/mol. The van der Waals surface area contributed by atoms with E-state index in [1.807, 2.05) is 4.68 Å². The first-order valence-corrected chi connectivity index (χ1v) is 8.13. The third-order valence-electron chi connectivity index (χ3n) is 5.53. The van der Waals surface area contributed by atoms with Crippen LogP contribution < -0.4 is 0 Å². The van der Waals surface area contributed by atoms with Crippen LogP contribution in [0, 0.1) is 5.41 Å². The Morgan fingerprint density at radius 3 is 2.40 bits per heavy atom. The lowest BCUT2D eigenvalue weighted by molar-refractivity contribution is -0.0343. The van der Waals surface area contributed by atoms with Crippen LogP contribution in [0.4, 0.5) is 0 Å². The molecule has 1 N–H and O–H groups in total. The molecule has 1 aromatic heterocycles. The van der Waals surface area contributed by atoms with Crippen LogP contribution >= 0.6 is 0 Å². The van der Waals surface area contributed by atoms with Gasteiger partial charge in [-0.2, -0.15) is 5.10 Å². The van der Waals surface area contributed by atoms with Crippen LogP contribution in [0.25, 0.3) is 0 Å². The van der Waals surface area contributed by atoms with Crippen molar-refractivity contribution < 1.29 is 5.11 Å². The second-order valence-corrected chi connectivity index (χ2v) is 7.32. The monoisotopic (exact) mass is 277 g/mol. The molecule has 2 aliphatic rings. The van der Waals surface area contributed by atoms with Crippen molar-refractivity contribution in [3.8, 4) is 0 Å². The average molecular weight is 277 g/mol. The van der Waals surface area contributed by atoms with Gasteiger partial charge in [-0.25, -0.2) is 9.67 Å². The van der Waals surface area contributed by atoms with Crippen molar-refractivity contribution in [1.29, 1.82) is 0 Å². The quantitative estimate of drug-likeness (QED) is 0.922. The van der Waals surface area contributed by atoms with Crippen LogP contribution in [0.2, 0.25) is 0 Å². The zero-order valence-electron chi connectivity index (χ0n) is 12.8. The molecular formula is C16H27N3O. The Morgan fingerprint density at radius 1 is 1.15 bits per heavy atom. The van der Waals surface area contributed by atoms with E-state index in [4.69, 9.17) is 0 Å². The van der Waals surface area contributed by atoms with Gasteiger partial charge in [0, 0.05) is 12.5 Å². The van der Waals surface area contributed by atoms with Crippen molar-refractivity contribution in [3.63, 3.8) is 0 Å². The van der Waals surface area contributed by atoms with Gasteiger partial charge in [0.15, 0.2) is 0 Å². The van der Waals surface area contributed by atoms with Gasteiger partial charge < -0.3 is 5.11 Å². The molecule has 4 heteroatoms. The molecular weight excluding hydrogens is 250 g/mol. The second-order valence-electron chi connectivity index (χ2n) is 7.32. The van der Waals surface area contributed by atoms with Crippen LogP contribution in [0.3, 0.4) is 0 Å². The SMILES string of the molecule is CC(C)n1ncnc1CC1(O)CCC2(CCCC2)CC1. The molecule has 0 bridgehead atoms. The molecule has 0 unspecified atom stereocenters. The summed E-state index contributed by atoms with van der Waals surface area (Å²) in [7, 11) is 0. The minimum Gasteiger partial charge on any atom is -0.389 e. The molecule has 3 rings (SSSR count). The fourth-order valence-corrected chi connectivity index (χ4v) is 4.17. The van der Waals surface area contributed by atoms with Gasteiger partial charge in [0.25, 0.3) is 0 Å². The molecule has 1 heterocycles. The lowest BCUT2D eigenvalue weighted by Gasteiger charge is -2.42. The van der Waals surface area contributed by atoms with E-state index in [-0.39, 0.29) is 0 Å². The summed E-state index contributed by atoms with van der Waals surface area (Å²) >= 11 is 0. The van der Waals surface area contributed by atoms with E-state index in [1.54, 1.807) is 6.33 Å². The van der Waals surface area contributed by atoms with Gasteiger partial charge in [0.05, 0.1) is 5.60 Å². The highest BCUT2D eigenvalue weighted by atomic mass is 16.3. The molecule has 0 atom stereocenters. The number of aliphatic hydroxyl groups is 1. The minimum atomic E-state index is -0.562. The van der Waals surface area contributed by atoms with Gasteiger partial charge in [0.1, 0.15) is 12.2 Å². The summed E-state index contributed by atoms with van der Waals surface area (Å²) in [4.78, 5) is 4.36. The van der Waals surface area contributed by atoms with Gasteiger partial charge in [-0.1, -0.05) is 12.8 Å². The third kappa shape index (κ3) is 2.62. The van der Waals surface area contributed by atoms with Crippen LogP contribution in [0.15, 0.2) is 6.33 Å². The van der Waals surface area contributed by atoms with Crippen LogP contribution in [-0.2, 0) is 6.42 Å². The van der Waals surface area contributed by atoms with E-state index in [0.29, 0.717) is 17.9 Å². The number of aromatic nitrogens is 3. The molecule has 0 saturated heterocycles. The van der Waals surface area contributed by atoms with E-state index < -0.39 is 5.60 Å². The Morgan fingerprint density at radius 2 is 1.80 bits per heavy atom. The summed E-state index contributed by atoms with van der Waals surface area (Å²) in [6.45, 7) is 4.22. The highest BCUT2D eigenvalue weighted by Crippen LogP contribution is 2.51. The second kappa shape index (κ2) is 5.14. The topological polar surface area (TPSA) is 50.9 Å². The third-order valence-corrected chi connectivity index (χ3v) is 5.53. The number of nitrogens with zero attached hydrogens (tertiary/aromatic N) is 3. The molecule has 2 fully saturated rings. The predicted octanol–water partition coefficient (Wildman–Crippen LogP) is 3.27. The average Bonchev–Trinajstić information content (AvgIpc) is 3.03. The van der Waals surface area contributed by atoms with Gasteiger partial charge in [0.2, 0.25) is 0 Å². The molecule has 0 aliphatic heterocycles. The molecule has 1 spiro atoms. The Balaban J connectivity index is 1.67. The van der Waals surface area contributed by atoms with Gasteiger partial charge in [-0.3, -0.25) is 0 Å². The Hall–Kier alpha value is -0.900. The normalized spacial score (nSPS) is 24.6. The number of hydrogen-bond acceptors (Lipinski definition) is 3. The van der Waals surface area contributed by atoms with Crippen LogP contribution in [-0.4, -0.2) is 25.5 Å².